The first-order valence-electron chi connectivity index (χ1n) is 5.82. The van der Waals surface area contributed by atoms with E-state index in [0.29, 0.717) is 5.50 Å². The van der Waals surface area contributed by atoms with Gasteiger partial charge in [-0.1, -0.05) is 48.5 Å². The molecule has 15 heavy (non-hydrogen) atoms. The van der Waals surface area contributed by atoms with Gasteiger partial charge >= 0.3 is 0 Å². The van der Waals surface area contributed by atoms with Crippen LogP contribution in [0.15, 0.2) is 0 Å². The Labute approximate surface area is 102 Å². The van der Waals surface area contributed by atoms with E-state index in [9.17, 15) is 0 Å². The van der Waals surface area contributed by atoms with Crippen LogP contribution in [0.4, 0.5) is 0 Å². The molecule has 1 nitrogen and oxygen atoms in total. The van der Waals surface area contributed by atoms with E-state index in [1.165, 1.54) is 0 Å². The van der Waals surface area contributed by atoms with Crippen LogP contribution in [0.25, 0.3) is 0 Å². The number of halogens is 1. The Morgan fingerprint density at radius 2 is 1.40 bits per heavy atom. The molecule has 92 valence electrons. The predicted molar refractivity (Wildman–Crippen MR) is 72.1 cm³/mol. The third-order valence-electron chi connectivity index (χ3n) is 3.16. The van der Waals surface area contributed by atoms with E-state index in [1.54, 1.807) is 0 Å². The van der Waals surface area contributed by atoms with Crippen LogP contribution in [-0.4, -0.2) is 20.4 Å². The molecule has 0 fully saturated rings. The molecule has 0 saturated heterocycles. The molecule has 0 radical (unpaired) electrons. The minimum absolute atomic E-state index is 0.183. The molecule has 0 atom stereocenters. The fourth-order valence-electron chi connectivity index (χ4n) is 2.27. The standard InChI is InChI=1S/C12H27ClOSi/c1-8-9-14-15(10-13,11(2,3)4)12(5,6)7/h8-10H2,1-7H3. The lowest BCUT2D eigenvalue weighted by Gasteiger charge is -2.49. The van der Waals surface area contributed by atoms with Crippen molar-refractivity contribution in [3.8, 4) is 0 Å². The van der Waals surface area contributed by atoms with Gasteiger partial charge in [-0.15, -0.1) is 11.6 Å². The van der Waals surface area contributed by atoms with E-state index < -0.39 is 8.32 Å². The molecule has 0 unspecified atom stereocenters. The van der Waals surface area contributed by atoms with Crippen LogP contribution in [0.3, 0.4) is 0 Å². The molecule has 0 N–H and O–H groups in total. The monoisotopic (exact) mass is 250 g/mol. The Balaban J connectivity index is 5.13. The first kappa shape index (κ1) is 15.5. The summed E-state index contributed by atoms with van der Waals surface area (Å²) in [6, 6.07) is 0. The average molecular weight is 251 g/mol. The highest BCUT2D eigenvalue weighted by atomic mass is 35.5. The second kappa shape index (κ2) is 5.20. The molecule has 3 heteroatoms. The van der Waals surface area contributed by atoms with Crippen LogP contribution in [0.2, 0.25) is 10.1 Å². The summed E-state index contributed by atoms with van der Waals surface area (Å²) in [6.45, 7) is 16.6. The zero-order valence-electron chi connectivity index (χ0n) is 11.4. The molecule has 0 aromatic rings. The van der Waals surface area contributed by atoms with Crippen molar-refractivity contribution >= 4 is 19.9 Å². The molecule has 0 amide bonds. The van der Waals surface area contributed by atoms with Crippen molar-refractivity contribution in [2.24, 2.45) is 0 Å². The molecule has 0 aromatic heterocycles. The molecular formula is C12H27ClOSi. The third-order valence-corrected chi connectivity index (χ3v) is 10.2. The van der Waals surface area contributed by atoms with Crippen molar-refractivity contribution < 1.29 is 4.43 Å². The van der Waals surface area contributed by atoms with Crippen molar-refractivity contribution in [1.82, 2.24) is 0 Å². The summed E-state index contributed by atoms with van der Waals surface area (Å²) in [5, 5.41) is 0.365. The summed E-state index contributed by atoms with van der Waals surface area (Å²) >= 11 is 6.27. The van der Waals surface area contributed by atoms with Gasteiger partial charge in [0.25, 0.3) is 0 Å². The van der Waals surface area contributed by atoms with Gasteiger partial charge in [-0.05, 0) is 16.5 Å². The van der Waals surface area contributed by atoms with E-state index in [-0.39, 0.29) is 10.1 Å². The van der Waals surface area contributed by atoms with Crippen LogP contribution in [0.5, 0.6) is 0 Å². The van der Waals surface area contributed by atoms with Gasteiger partial charge in [0.15, 0.2) is 0 Å². The molecule has 0 aliphatic heterocycles. The number of alkyl halides is 1. The summed E-state index contributed by atoms with van der Waals surface area (Å²) in [5.41, 5.74) is 0.681. The van der Waals surface area contributed by atoms with E-state index in [2.05, 4.69) is 48.5 Å². The lowest BCUT2D eigenvalue weighted by Crippen LogP contribution is -2.56. The van der Waals surface area contributed by atoms with E-state index >= 15 is 0 Å². The maximum atomic E-state index is 6.27. The summed E-state index contributed by atoms with van der Waals surface area (Å²) in [5.74, 6) is 0. The first-order chi connectivity index (χ1) is 6.62. The molecule has 0 rings (SSSR count). The van der Waals surface area contributed by atoms with Gasteiger partial charge in [-0.25, -0.2) is 0 Å². The maximum absolute atomic E-state index is 6.27. The van der Waals surface area contributed by atoms with Gasteiger partial charge in [-0.3, -0.25) is 0 Å². The number of hydrogen-bond acceptors (Lipinski definition) is 1. The molecule has 0 aromatic carbocycles. The largest absolute Gasteiger partial charge is 0.415 e. The van der Waals surface area contributed by atoms with E-state index in [1.807, 2.05) is 0 Å². The summed E-state index contributed by atoms with van der Waals surface area (Å²) in [6.07, 6.45) is 1.07. The highest BCUT2D eigenvalue weighted by Crippen LogP contribution is 2.52. The SMILES string of the molecule is CCCO[Si](CCl)(C(C)(C)C)C(C)(C)C. The number of hydrogen-bond donors (Lipinski definition) is 0. The Kier molecular flexibility index (Phi) is 5.36. The molecule has 0 saturated carbocycles. The molecular weight excluding hydrogens is 224 g/mol. The minimum Gasteiger partial charge on any atom is -0.415 e. The Morgan fingerprint density at radius 1 is 1.00 bits per heavy atom. The van der Waals surface area contributed by atoms with Crippen molar-refractivity contribution in [3.05, 3.63) is 0 Å². The van der Waals surface area contributed by atoms with Crippen LogP contribution in [-0.2, 0) is 4.43 Å². The van der Waals surface area contributed by atoms with Crippen LogP contribution >= 0.6 is 11.6 Å². The molecule has 0 bridgehead atoms. The fourth-order valence-corrected chi connectivity index (χ4v) is 9.46. The lowest BCUT2D eigenvalue weighted by molar-refractivity contribution is 0.260. The third kappa shape index (κ3) is 3.21. The fraction of sp³-hybridized carbons (Fsp3) is 1.00. The van der Waals surface area contributed by atoms with Crippen molar-refractivity contribution in [2.75, 3.05) is 12.1 Å². The zero-order valence-corrected chi connectivity index (χ0v) is 13.2. The summed E-state index contributed by atoms with van der Waals surface area (Å²) in [4.78, 5) is 0. The smallest absolute Gasteiger partial charge is 0.217 e. The topological polar surface area (TPSA) is 9.23 Å². The number of rotatable bonds is 4. The second-order valence-electron chi connectivity index (χ2n) is 6.31. The molecule has 0 heterocycles. The zero-order chi connectivity index (χ0) is 12.3. The minimum atomic E-state index is -1.93. The van der Waals surface area contributed by atoms with E-state index in [4.69, 9.17) is 16.0 Å². The molecule has 0 aliphatic rings. The van der Waals surface area contributed by atoms with Gasteiger partial charge in [0.1, 0.15) is 0 Å². The van der Waals surface area contributed by atoms with Gasteiger partial charge in [0, 0.05) is 12.1 Å². The Bertz CT molecular complexity index is 177. The predicted octanol–water partition coefficient (Wildman–Crippen LogP) is 4.74. The highest BCUT2D eigenvalue weighted by Gasteiger charge is 2.54. The second-order valence-corrected chi connectivity index (χ2v) is 12.3. The Morgan fingerprint density at radius 3 is 1.60 bits per heavy atom. The average Bonchev–Trinajstić information content (AvgIpc) is 2.01. The highest BCUT2D eigenvalue weighted by molar-refractivity contribution is 6.84. The van der Waals surface area contributed by atoms with Gasteiger partial charge in [0.2, 0.25) is 8.32 Å². The first-order valence-corrected chi connectivity index (χ1v) is 8.47. The lowest BCUT2D eigenvalue weighted by atomic mass is 10.2. The van der Waals surface area contributed by atoms with Gasteiger partial charge < -0.3 is 4.43 Å². The normalized spacial score (nSPS) is 14.4. The molecule has 0 aliphatic carbocycles. The van der Waals surface area contributed by atoms with Crippen molar-refractivity contribution in [1.29, 1.82) is 0 Å². The van der Waals surface area contributed by atoms with Gasteiger partial charge in [-0.2, -0.15) is 0 Å². The van der Waals surface area contributed by atoms with Crippen molar-refractivity contribution in [2.45, 2.75) is 65.0 Å². The van der Waals surface area contributed by atoms with E-state index in [0.717, 1.165) is 13.0 Å². The quantitative estimate of drug-likeness (QED) is 0.518. The van der Waals surface area contributed by atoms with Crippen LogP contribution < -0.4 is 0 Å². The summed E-state index contributed by atoms with van der Waals surface area (Å²) < 4.78 is 6.26. The van der Waals surface area contributed by atoms with Gasteiger partial charge in [0.05, 0.1) is 0 Å². The van der Waals surface area contributed by atoms with Crippen molar-refractivity contribution in [3.63, 3.8) is 0 Å². The summed E-state index contributed by atoms with van der Waals surface area (Å²) in [7, 11) is -1.93. The van der Waals surface area contributed by atoms with Crippen LogP contribution in [0.1, 0.15) is 54.9 Å². The molecule has 0 spiro atoms. The Hall–Kier alpha value is 0.467. The maximum Gasteiger partial charge on any atom is 0.217 e. The van der Waals surface area contributed by atoms with Crippen LogP contribution in [0, 0.1) is 0 Å².